The summed E-state index contributed by atoms with van der Waals surface area (Å²) in [5.74, 6) is 0.682. The fraction of sp³-hybridized carbons (Fsp3) is 0.370. The maximum absolute atomic E-state index is 12.7. The lowest BCUT2D eigenvalue weighted by molar-refractivity contribution is -0.137. The Morgan fingerprint density at radius 3 is 2.58 bits per heavy atom. The Kier molecular flexibility index (Phi) is 4.69. The number of hydrogen-bond donors (Lipinski definition) is 0. The Morgan fingerprint density at radius 2 is 1.84 bits per heavy atom. The topological polar surface area (TPSA) is 52.0 Å². The smallest absolute Gasteiger partial charge is 0.146 e. The summed E-state index contributed by atoms with van der Waals surface area (Å²) in [6, 6.07) is 19.0. The number of benzene rings is 2. The van der Waals surface area contributed by atoms with Crippen LogP contribution >= 0.6 is 0 Å². The number of carbonyl (C=O) groups is 2. The first-order valence-corrected chi connectivity index (χ1v) is 11.2. The van der Waals surface area contributed by atoms with Crippen molar-refractivity contribution in [3.8, 4) is 16.8 Å². The van der Waals surface area contributed by atoms with Gasteiger partial charge in [-0.3, -0.25) is 4.79 Å². The van der Waals surface area contributed by atoms with Crippen molar-refractivity contribution < 1.29 is 9.59 Å². The minimum absolute atomic E-state index is 0.103. The fourth-order valence-electron chi connectivity index (χ4n) is 6.11. The average molecular weight is 413 g/mol. The zero-order valence-corrected chi connectivity index (χ0v) is 18.3. The molecule has 0 saturated heterocycles. The summed E-state index contributed by atoms with van der Waals surface area (Å²) in [7, 11) is 0. The first-order valence-electron chi connectivity index (χ1n) is 11.2. The van der Waals surface area contributed by atoms with Crippen LogP contribution in [-0.2, 0) is 21.4 Å². The molecular formula is C27H28N2O2. The first kappa shape index (κ1) is 19.9. The number of imidazole rings is 1. The van der Waals surface area contributed by atoms with Crippen molar-refractivity contribution in [2.45, 2.75) is 45.4 Å². The van der Waals surface area contributed by atoms with Gasteiger partial charge in [-0.25, -0.2) is 4.98 Å². The van der Waals surface area contributed by atoms with E-state index in [2.05, 4.69) is 66.9 Å². The second kappa shape index (κ2) is 7.30. The predicted octanol–water partition coefficient (Wildman–Crippen LogP) is 5.09. The molecule has 1 aromatic heterocycles. The minimum Gasteiger partial charge on any atom is -0.303 e. The van der Waals surface area contributed by atoms with E-state index in [1.807, 2.05) is 13.0 Å². The van der Waals surface area contributed by atoms with Gasteiger partial charge < -0.3 is 9.36 Å². The molecule has 1 heterocycles. The summed E-state index contributed by atoms with van der Waals surface area (Å²) < 4.78 is 2.28. The van der Waals surface area contributed by atoms with E-state index in [4.69, 9.17) is 4.98 Å². The number of carbonyl (C=O) groups excluding carboxylic acids is 2. The Balaban J connectivity index is 1.62. The maximum atomic E-state index is 12.7. The highest BCUT2D eigenvalue weighted by atomic mass is 16.1. The summed E-state index contributed by atoms with van der Waals surface area (Å²) in [4.78, 5) is 29.4. The first-order chi connectivity index (χ1) is 14.9. The molecule has 31 heavy (non-hydrogen) atoms. The summed E-state index contributed by atoms with van der Waals surface area (Å²) in [6.45, 7) is 6.27. The van der Waals surface area contributed by atoms with E-state index in [0.29, 0.717) is 6.42 Å². The number of aldehydes is 1. The maximum Gasteiger partial charge on any atom is 0.146 e. The molecule has 158 valence electrons. The van der Waals surface area contributed by atoms with Crippen LogP contribution in [0.1, 0.15) is 43.9 Å². The van der Waals surface area contributed by atoms with Gasteiger partial charge in [-0.05, 0) is 55.4 Å². The molecule has 2 aliphatic rings. The standard InChI is InChI=1S/C27H28N2O2/c1-17-23-12-13-24-26(27(23,3)15-21(16-30)25(17)31)28-18(2)29(24)22-11-7-10-20(14-22)19-8-5-4-6-9-19/h4-11,14,16-17,21,23H,12-13,15H2,1-3H3/t17-,21?,23-,27-/m0/s1. The van der Waals surface area contributed by atoms with Crippen LogP contribution in [0, 0.1) is 24.7 Å². The van der Waals surface area contributed by atoms with Crippen molar-refractivity contribution in [1.29, 1.82) is 0 Å². The van der Waals surface area contributed by atoms with Crippen LogP contribution in [0.5, 0.6) is 0 Å². The number of ketones is 1. The van der Waals surface area contributed by atoms with Crippen molar-refractivity contribution >= 4 is 12.1 Å². The SMILES string of the molecule is Cc1nc2c(n1-c1cccc(-c3ccccc3)c1)CC[C@H]1[C@H](C)C(=O)C(C=O)C[C@]21C. The third-order valence-corrected chi connectivity index (χ3v) is 7.63. The highest BCUT2D eigenvalue weighted by Gasteiger charge is 2.53. The zero-order valence-electron chi connectivity index (χ0n) is 18.3. The average Bonchev–Trinajstić information content (AvgIpc) is 3.14. The van der Waals surface area contributed by atoms with Gasteiger partial charge in [0, 0.05) is 22.7 Å². The van der Waals surface area contributed by atoms with Gasteiger partial charge in [0.25, 0.3) is 0 Å². The van der Waals surface area contributed by atoms with Crippen molar-refractivity contribution in [2.24, 2.45) is 17.8 Å². The monoisotopic (exact) mass is 412 g/mol. The van der Waals surface area contributed by atoms with Gasteiger partial charge in [-0.2, -0.15) is 0 Å². The van der Waals surface area contributed by atoms with E-state index in [1.165, 1.54) is 16.8 Å². The largest absolute Gasteiger partial charge is 0.303 e. The Labute approximate surface area is 183 Å². The third kappa shape index (κ3) is 3.00. The highest BCUT2D eigenvalue weighted by Crippen LogP contribution is 2.52. The molecule has 4 atom stereocenters. The van der Waals surface area contributed by atoms with Crippen LogP contribution in [-0.4, -0.2) is 21.6 Å². The molecule has 0 amide bonds. The summed E-state index contributed by atoms with van der Waals surface area (Å²) in [5.41, 5.74) is 5.54. The fourth-order valence-corrected chi connectivity index (χ4v) is 6.11. The van der Waals surface area contributed by atoms with E-state index in [9.17, 15) is 9.59 Å². The molecule has 0 N–H and O–H groups in total. The minimum atomic E-state index is -0.519. The summed E-state index contributed by atoms with van der Waals surface area (Å²) in [5, 5.41) is 0. The van der Waals surface area contributed by atoms with E-state index in [1.54, 1.807) is 0 Å². The molecule has 0 aliphatic heterocycles. The van der Waals surface area contributed by atoms with Crippen LogP contribution in [0.2, 0.25) is 0 Å². The lowest BCUT2D eigenvalue weighted by atomic mass is 9.54. The number of fused-ring (bicyclic) bond motifs is 3. The number of nitrogens with zero attached hydrogens (tertiary/aromatic N) is 2. The van der Waals surface area contributed by atoms with E-state index in [-0.39, 0.29) is 23.0 Å². The van der Waals surface area contributed by atoms with Gasteiger partial charge in [-0.15, -0.1) is 0 Å². The van der Waals surface area contributed by atoms with Crippen molar-refractivity contribution in [2.75, 3.05) is 0 Å². The number of hydrogen-bond acceptors (Lipinski definition) is 3. The van der Waals surface area contributed by atoms with Crippen LogP contribution in [0.15, 0.2) is 54.6 Å². The van der Waals surface area contributed by atoms with Crippen LogP contribution in [0.3, 0.4) is 0 Å². The Bertz CT molecular complexity index is 1160. The lowest BCUT2D eigenvalue weighted by Crippen LogP contribution is -2.51. The molecule has 1 saturated carbocycles. The third-order valence-electron chi connectivity index (χ3n) is 7.63. The summed E-state index contributed by atoms with van der Waals surface area (Å²) in [6.07, 6.45) is 3.26. The number of aromatic nitrogens is 2. The van der Waals surface area contributed by atoms with Gasteiger partial charge in [0.05, 0.1) is 11.6 Å². The van der Waals surface area contributed by atoms with E-state index >= 15 is 0 Å². The molecule has 4 heteroatoms. The van der Waals surface area contributed by atoms with Gasteiger partial charge in [0.1, 0.15) is 17.9 Å². The molecule has 0 spiro atoms. The molecule has 5 rings (SSSR count). The van der Waals surface area contributed by atoms with Crippen molar-refractivity contribution in [1.82, 2.24) is 9.55 Å². The zero-order chi connectivity index (χ0) is 21.8. The van der Waals surface area contributed by atoms with Crippen LogP contribution < -0.4 is 0 Å². The molecule has 0 radical (unpaired) electrons. The number of rotatable bonds is 3. The molecule has 2 aliphatic carbocycles. The predicted molar refractivity (Wildman–Crippen MR) is 121 cm³/mol. The molecule has 1 unspecified atom stereocenters. The van der Waals surface area contributed by atoms with Crippen LogP contribution in [0.25, 0.3) is 16.8 Å². The molecular weight excluding hydrogens is 384 g/mol. The quantitative estimate of drug-likeness (QED) is 0.445. The molecule has 3 aromatic rings. The number of aryl methyl sites for hydroxylation is 1. The van der Waals surface area contributed by atoms with Gasteiger partial charge in [0.2, 0.25) is 0 Å². The molecule has 4 nitrogen and oxygen atoms in total. The highest BCUT2D eigenvalue weighted by molar-refractivity contribution is 5.96. The number of Topliss-reactive ketones (excluding diaryl/α,β-unsaturated/α-hetero) is 1. The molecule has 0 bridgehead atoms. The van der Waals surface area contributed by atoms with Gasteiger partial charge >= 0.3 is 0 Å². The van der Waals surface area contributed by atoms with Crippen molar-refractivity contribution in [3.63, 3.8) is 0 Å². The molecule has 1 fully saturated rings. The van der Waals surface area contributed by atoms with Crippen molar-refractivity contribution in [3.05, 3.63) is 71.8 Å². The Hall–Kier alpha value is -3.01. The Morgan fingerprint density at radius 1 is 1.10 bits per heavy atom. The normalized spacial score (nSPS) is 27.5. The van der Waals surface area contributed by atoms with E-state index in [0.717, 1.165) is 36.3 Å². The lowest BCUT2D eigenvalue weighted by Gasteiger charge is -2.48. The second-order valence-corrected chi connectivity index (χ2v) is 9.41. The van der Waals surface area contributed by atoms with Crippen LogP contribution in [0.4, 0.5) is 0 Å². The van der Waals surface area contributed by atoms with Gasteiger partial charge in [0.15, 0.2) is 0 Å². The summed E-state index contributed by atoms with van der Waals surface area (Å²) >= 11 is 0. The van der Waals surface area contributed by atoms with E-state index < -0.39 is 5.92 Å². The molecule has 2 aromatic carbocycles. The second-order valence-electron chi connectivity index (χ2n) is 9.41. The van der Waals surface area contributed by atoms with Gasteiger partial charge in [-0.1, -0.05) is 56.3 Å².